The van der Waals surface area contributed by atoms with Crippen LogP contribution in [0.3, 0.4) is 0 Å². The normalized spacial score (nSPS) is 17.2. The molecule has 1 aliphatic heterocycles. The van der Waals surface area contributed by atoms with Crippen LogP contribution in [0.5, 0.6) is 0 Å². The SMILES string of the molecule is NC(=O)CN1CCC(Nc2nc(CSc3ccccc3)nc3sc4c(c23)CCC4)CC1. The van der Waals surface area contributed by atoms with Gasteiger partial charge in [-0.2, -0.15) is 0 Å². The first-order valence-corrected chi connectivity index (χ1v) is 12.7. The smallest absolute Gasteiger partial charge is 0.231 e. The molecule has 31 heavy (non-hydrogen) atoms. The summed E-state index contributed by atoms with van der Waals surface area (Å²) in [4.78, 5) is 27.1. The van der Waals surface area contributed by atoms with Crippen molar-refractivity contribution in [1.29, 1.82) is 0 Å². The van der Waals surface area contributed by atoms with E-state index in [2.05, 4.69) is 34.5 Å². The first kappa shape index (κ1) is 20.7. The molecule has 0 spiro atoms. The van der Waals surface area contributed by atoms with Crippen molar-refractivity contribution in [2.45, 2.75) is 48.8 Å². The molecule has 3 aromatic rings. The van der Waals surface area contributed by atoms with Crippen molar-refractivity contribution in [1.82, 2.24) is 14.9 Å². The minimum Gasteiger partial charge on any atom is -0.369 e. The van der Waals surface area contributed by atoms with Crippen LogP contribution < -0.4 is 11.1 Å². The van der Waals surface area contributed by atoms with Gasteiger partial charge < -0.3 is 11.1 Å². The lowest BCUT2D eigenvalue weighted by molar-refractivity contribution is -0.119. The second kappa shape index (κ2) is 9.14. The van der Waals surface area contributed by atoms with E-state index in [9.17, 15) is 4.79 Å². The van der Waals surface area contributed by atoms with E-state index in [1.165, 1.54) is 27.1 Å². The number of aromatic nitrogens is 2. The number of carbonyl (C=O) groups is 1. The number of nitrogens with one attached hydrogen (secondary N) is 1. The quantitative estimate of drug-likeness (QED) is 0.529. The van der Waals surface area contributed by atoms with Crippen LogP contribution in [0.1, 0.15) is 35.5 Å². The van der Waals surface area contributed by atoms with Gasteiger partial charge in [0.15, 0.2) is 0 Å². The minimum atomic E-state index is -0.252. The molecule has 1 fully saturated rings. The van der Waals surface area contributed by atoms with Gasteiger partial charge in [-0.15, -0.1) is 23.1 Å². The Kier molecular flexibility index (Phi) is 6.11. The number of fused-ring (bicyclic) bond motifs is 3. The van der Waals surface area contributed by atoms with Gasteiger partial charge in [0.25, 0.3) is 0 Å². The number of nitrogens with two attached hydrogens (primary N) is 1. The predicted octanol–water partition coefficient (Wildman–Crippen LogP) is 3.83. The first-order chi connectivity index (χ1) is 15.2. The molecular formula is C23H27N5OS2. The molecule has 0 bridgehead atoms. The zero-order valence-corrected chi connectivity index (χ0v) is 19.1. The van der Waals surface area contributed by atoms with E-state index < -0.39 is 0 Å². The van der Waals surface area contributed by atoms with Gasteiger partial charge in [0.05, 0.1) is 17.7 Å². The molecule has 1 saturated heterocycles. The molecule has 3 heterocycles. The number of rotatable bonds is 7. The molecule has 1 aromatic carbocycles. The number of anilines is 1. The molecule has 162 valence electrons. The molecule has 2 aliphatic rings. The number of hydrogen-bond acceptors (Lipinski definition) is 7. The lowest BCUT2D eigenvalue weighted by Gasteiger charge is -2.32. The molecule has 3 N–H and O–H groups in total. The minimum absolute atomic E-state index is 0.252. The summed E-state index contributed by atoms with van der Waals surface area (Å²) in [5.74, 6) is 2.39. The first-order valence-electron chi connectivity index (χ1n) is 10.9. The van der Waals surface area contributed by atoms with E-state index in [-0.39, 0.29) is 5.91 Å². The van der Waals surface area contributed by atoms with Crippen molar-refractivity contribution in [3.8, 4) is 0 Å². The number of piperidine rings is 1. The van der Waals surface area contributed by atoms with Crippen molar-refractivity contribution < 1.29 is 4.79 Å². The highest BCUT2D eigenvalue weighted by atomic mass is 32.2. The maximum Gasteiger partial charge on any atom is 0.231 e. The second-order valence-corrected chi connectivity index (χ2v) is 10.4. The Hall–Kier alpha value is -2.16. The number of hydrogen-bond donors (Lipinski definition) is 2. The van der Waals surface area contributed by atoms with E-state index in [0.29, 0.717) is 12.6 Å². The van der Waals surface area contributed by atoms with E-state index in [1.54, 1.807) is 11.8 Å². The molecule has 0 radical (unpaired) electrons. The van der Waals surface area contributed by atoms with Crippen molar-refractivity contribution in [3.63, 3.8) is 0 Å². The maximum absolute atomic E-state index is 11.2. The van der Waals surface area contributed by atoms with E-state index in [1.807, 2.05) is 17.4 Å². The monoisotopic (exact) mass is 453 g/mol. The summed E-state index contributed by atoms with van der Waals surface area (Å²) in [5, 5.41) is 5.00. The van der Waals surface area contributed by atoms with Gasteiger partial charge in [-0.05, 0) is 49.8 Å². The highest BCUT2D eigenvalue weighted by Gasteiger charge is 2.25. The van der Waals surface area contributed by atoms with Gasteiger partial charge in [0.2, 0.25) is 5.91 Å². The topological polar surface area (TPSA) is 84.1 Å². The molecule has 5 rings (SSSR count). The molecule has 1 aliphatic carbocycles. The zero-order chi connectivity index (χ0) is 21.2. The molecular weight excluding hydrogens is 426 g/mol. The van der Waals surface area contributed by atoms with Gasteiger partial charge in [-0.25, -0.2) is 9.97 Å². The number of thiophene rings is 1. The summed E-state index contributed by atoms with van der Waals surface area (Å²) in [6.45, 7) is 2.12. The Labute approximate surface area is 190 Å². The van der Waals surface area contributed by atoms with Crippen molar-refractivity contribution in [3.05, 3.63) is 46.6 Å². The van der Waals surface area contributed by atoms with Crippen LogP contribution >= 0.6 is 23.1 Å². The van der Waals surface area contributed by atoms with E-state index in [4.69, 9.17) is 15.7 Å². The third-order valence-corrected chi connectivity index (χ3v) is 8.22. The molecule has 8 heteroatoms. The van der Waals surface area contributed by atoms with Gasteiger partial charge in [0.1, 0.15) is 16.5 Å². The van der Waals surface area contributed by atoms with E-state index >= 15 is 0 Å². The number of carbonyl (C=O) groups excluding carboxylic acids is 1. The lowest BCUT2D eigenvalue weighted by Crippen LogP contribution is -2.43. The standard InChI is InChI=1S/C23H27N5OS2/c24-19(29)13-28-11-9-15(10-12-28)25-22-21-17-7-4-8-18(17)31-23(21)27-20(26-22)14-30-16-5-2-1-3-6-16/h1-3,5-6,15H,4,7-14H2,(H2,24,29)(H,25,26,27). The van der Waals surface area contributed by atoms with Crippen molar-refractivity contribution >= 4 is 45.0 Å². The Morgan fingerprint density at radius 3 is 2.77 bits per heavy atom. The number of nitrogens with zero attached hydrogens (tertiary/aromatic N) is 3. The van der Waals surface area contributed by atoms with Crippen LogP contribution in [0, 0.1) is 0 Å². The van der Waals surface area contributed by atoms with Crippen LogP contribution in [0.25, 0.3) is 10.2 Å². The van der Waals surface area contributed by atoms with Gasteiger partial charge >= 0.3 is 0 Å². The Balaban J connectivity index is 1.37. The molecule has 2 aromatic heterocycles. The van der Waals surface area contributed by atoms with Crippen LogP contribution in [0.2, 0.25) is 0 Å². The van der Waals surface area contributed by atoms with Crippen LogP contribution in [-0.4, -0.2) is 46.5 Å². The number of thioether (sulfide) groups is 1. The number of amides is 1. The summed E-state index contributed by atoms with van der Waals surface area (Å²) >= 11 is 3.62. The molecule has 1 amide bonds. The number of aryl methyl sites for hydroxylation is 2. The third kappa shape index (κ3) is 4.71. The predicted molar refractivity (Wildman–Crippen MR) is 128 cm³/mol. The van der Waals surface area contributed by atoms with Crippen molar-refractivity contribution in [2.24, 2.45) is 5.73 Å². The Morgan fingerprint density at radius 2 is 2.00 bits per heavy atom. The molecule has 0 atom stereocenters. The van der Waals surface area contributed by atoms with E-state index in [0.717, 1.165) is 61.0 Å². The fraction of sp³-hybridized carbons (Fsp3) is 0.435. The lowest BCUT2D eigenvalue weighted by atomic mass is 10.0. The number of likely N-dealkylation sites (tertiary alicyclic amines) is 1. The van der Waals surface area contributed by atoms with Gasteiger partial charge in [-0.1, -0.05) is 18.2 Å². The van der Waals surface area contributed by atoms with Gasteiger partial charge in [-0.3, -0.25) is 9.69 Å². The highest BCUT2D eigenvalue weighted by molar-refractivity contribution is 7.98. The Bertz CT molecular complexity index is 1080. The second-order valence-electron chi connectivity index (χ2n) is 8.29. The summed E-state index contributed by atoms with van der Waals surface area (Å²) in [7, 11) is 0. The summed E-state index contributed by atoms with van der Waals surface area (Å²) in [6, 6.07) is 10.8. The zero-order valence-electron chi connectivity index (χ0n) is 17.5. The maximum atomic E-state index is 11.2. The summed E-state index contributed by atoms with van der Waals surface area (Å²) in [5.41, 5.74) is 6.81. The number of benzene rings is 1. The number of primary amides is 1. The fourth-order valence-corrected chi connectivity index (χ4v) is 6.58. The fourth-order valence-electron chi connectivity index (χ4n) is 4.52. The molecule has 0 saturated carbocycles. The summed E-state index contributed by atoms with van der Waals surface area (Å²) in [6.07, 6.45) is 5.49. The molecule has 0 unspecified atom stereocenters. The van der Waals surface area contributed by atoms with Crippen molar-refractivity contribution in [2.75, 3.05) is 25.0 Å². The average molecular weight is 454 g/mol. The summed E-state index contributed by atoms with van der Waals surface area (Å²) < 4.78 is 0. The van der Waals surface area contributed by atoms with Crippen LogP contribution in [0.4, 0.5) is 5.82 Å². The molecule has 6 nitrogen and oxygen atoms in total. The third-order valence-electron chi connectivity index (χ3n) is 6.03. The van der Waals surface area contributed by atoms with Crippen LogP contribution in [0.15, 0.2) is 35.2 Å². The van der Waals surface area contributed by atoms with Crippen LogP contribution in [-0.2, 0) is 23.4 Å². The average Bonchev–Trinajstić information content (AvgIpc) is 3.35. The Morgan fingerprint density at radius 1 is 1.19 bits per heavy atom. The van der Waals surface area contributed by atoms with Gasteiger partial charge in [0, 0.05) is 28.9 Å². The largest absolute Gasteiger partial charge is 0.369 e. The highest BCUT2D eigenvalue weighted by Crippen LogP contribution is 2.40.